The van der Waals surface area contributed by atoms with Gasteiger partial charge in [0.1, 0.15) is 9.86 Å². The van der Waals surface area contributed by atoms with Gasteiger partial charge in [-0.3, -0.25) is 4.79 Å². The van der Waals surface area contributed by atoms with Gasteiger partial charge in [-0.25, -0.2) is 9.97 Å². The number of carbonyl (C=O) groups is 1. The van der Waals surface area contributed by atoms with Gasteiger partial charge in [-0.15, -0.1) is 11.3 Å². The van der Waals surface area contributed by atoms with Crippen LogP contribution < -0.4 is 5.32 Å². The molecule has 3 aromatic rings. The molecule has 0 fully saturated rings. The number of hydrogen-bond acceptors (Lipinski definition) is 7. The standard InChI is InChI=1S/C22H25N3O2S3/c1-5-22(3)10-14-16(11-27-22)30-20-18(14)19(24-21(25-20)28-4)29-12-17(26)23-15-9-7-6-8-13(15)2/h6-9H,5,10-12H2,1-4H3,(H,23,26)/t22-/m0/s1. The van der Waals surface area contributed by atoms with E-state index in [1.165, 1.54) is 34.0 Å². The monoisotopic (exact) mass is 459 g/mol. The quantitative estimate of drug-likeness (QED) is 0.290. The number of anilines is 1. The molecule has 2 aromatic heterocycles. The molecule has 5 nitrogen and oxygen atoms in total. The molecule has 158 valence electrons. The molecule has 30 heavy (non-hydrogen) atoms. The van der Waals surface area contributed by atoms with Crippen molar-refractivity contribution < 1.29 is 9.53 Å². The predicted octanol–water partition coefficient (Wildman–Crippen LogP) is 5.69. The minimum absolute atomic E-state index is 0.0300. The van der Waals surface area contributed by atoms with Gasteiger partial charge in [-0.05, 0) is 43.7 Å². The second-order valence-electron chi connectivity index (χ2n) is 7.62. The van der Waals surface area contributed by atoms with Crippen LogP contribution in [0.5, 0.6) is 0 Å². The van der Waals surface area contributed by atoms with Gasteiger partial charge >= 0.3 is 0 Å². The van der Waals surface area contributed by atoms with Crippen LogP contribution in [0.3, 0.4) is 0 Å². The van der Waals surface area contributed by atoms with Crippen molar-refractivity contribution in [2.75, 3.05) is 17.3 Å². The third-order valence-corrected chi connectivity index (χ3v) is 8.09. The Morgan fingerprint density at radius 3 is 2.87 bits per heavy atom. The summed E-state index contributed by atoms with van der Waals surface area (Å²) in [4.78, 5) is 24.3. The molecule has 0 aliphatic carbocycles. The molecule has 1 atom stereocenters. The fourth-order valence-electron chi connectivity index (χ4n) is 3.48. The maximum Gasteiger partial charge on any atom is 0.234 e. The van der Waals surface area contributed by atoms with Crippen molar-refractivity contribution in [1.29, 1.82) is 0 Å². The Kier molecular flexibility index (Phi) is 6.39. The summed E-state index contributed by atoms with van der Waals surface area (Å²) in [6.45, 7) is 6.94. The lowest BCUT2D eigenvalue weighted by Gasteiger charge is -2.33. The average Bonchev–Trinajstić information content (AvgIpc) is 3.11. The maximum atomic E-state index is 12.6. The summed E-state index contributed by atoms with van der Waals surface area (Å²) in [5.74, 6) is 0.276. The lowest BCUT2D eigenvalue weighted by atomic mass is 9.90. The zero-order valence-corrected chi connectivity index (χ0v) is 20.0. The lowest BCUT2D eigenvalue weighted by Crippen LogP contribution is -2.33. The number of para-hydroxylation sites is 1. The number of carbonyl (C=O) groups excluding carboxylic acids is 1. The van der Waals surface area contributed by atoms with Gasteiger partial charge < -0.3 is 10.1 Å². The molecular weight excluding hydrogens is 434 g/mol. The topological polar surface area (TPSA) is 64.1 Å². The molecule has 3 heterocycles. The highest BCUT2D eigenvalue weighted by molar-refractivity contribution is 8.00. The average molecular weight is 460 g/mol. The number of fused-ring (bicyclic) bond motifs is 3. The molecule has 1 aliphatic heterocycles. The highest BCUT2D eigenvalue weighted by atomic mass is 32.2. The van der Waals surface area contributed by atoms with Gasteiger partial charge in [0.15, 0.2) is 5.16 Å². The van der Waals surface area contributed by atoms with E-state index >= 15 is 0 Å². The van der Waals surface area contributed by atoms with Crippen LogP contribution in [-0.4, -0.2) is 33.5 Å². The second-order valence-corrected chi connectivity index (χ2v) is 10.4. The Balaban J connectivity index is 1.62. The van der Waals surface area contributed by atoms with Gasteiger partial charge in [0.2, 0.25) is 5.91 Å². The molecule has 0 bridgehead atoms. The summed E-state index contributed by atoms with van der Waals surface area (Å²) < 4.78 is 6.13. The SMILES string of the molecule is CC[C@@]1(C)Cc2c(sc3nc(SC)nc(SCC(=O)Nc4ccccc4C)c23)CO1. The number of benzene rings is 1. The van der Waals surface area contributed by atoms with Crippen LogP contribution in [0.1, 0.15) is 36.3 Å². The van der Waals surface area contributed by atoms with Crippen LogP contribution in [0.2, 0.25) is 0 Å². The first kappa shape index (κ1) is 21.6. The van der Waals surface area contributed by atoms with E-state index in [1.54, 1.807) is 11.3 Å². The summed E-state index contributed by atoms with van der Waals surface area (Å²) in [5, 5.41) is 5.74. The Bertz CT molecular complexity index is 1100. The number of aromatic nitrogens is 2. The molecule has 0 radical (unpaired) electrons. The molecule has 0 unspecified atom stereocenters. The molecule has 0 saturated carbocycles. The fraction of sp³-hybridized carbons (Fsp3) is 0.409. The van der Waals surface area contributed by atoms with Crippen molar-refractivity contribution in [3.05, 3.63) is 40.3 Å². The summed E-state index contributed by atoms with van der Waals surface area (Å²) in [6.07, 6.45) is 3.78. The third-order valence-electron chi connectivity index (χ3n) is 5.47. The summed E-state index contributed by atoms with van der Waals surface area (Å²) in [5.41, 5.74) is 3.03. The molecule has 1 amide bonds. The largest absolute Gasteiger partial charge is 0.369 e. The first-order valence-corrected chi connectivity index (χ1v) is 12.9. The number of nitrogens with zero attached hydrogens (tertiary/aromatic N) is 2. The lowest BCUT2D eigenvalue weighted by molar-refractivity contribution is -0.113. The van der Waals surface area contributed by atoms with E-state index in [9.17, 15) is 4.79 Å². The summed E-state index contributed by atoms with van der Waals surface area (Å²) in [6, 6.07) is 7.81. The second kappa shape index (κ2) is 8.86. The third kappa shape index (κ3) is 4.37. The van der Waals surface area contributed by atoms with E-state index in [0.717, 1.165) is 44.5 Å². The zero-order valence-electron chi connectivity index (χ0n) is 17.6. The highest BCUT2D eigenvalue weighted by Gasteiger charge is 2.33. The van der Waals surface area contributed by atoms with E-state index in [-0.39, 0.29) is 11.5 Å². The zero-order chi connectivity index (χ0) is 21.3. The highest BCUT2D eigenvalue weighted by Crippen LogP contribution is 2.43. The summed E-state index contributed by atoms with van der Waals surface area (Å²) in [7, 11) is 0. The van der Waals surface area contributed by atoms with Gasteiger partial charge in [0, 0.05) is 22.4 Å². The number of hydrogen-bond donors (Lipinski definition) is 1. The normalized spacial score (nSPS) is 18.4. The van der Waals surface area contributed by atoms with Gasteiger partial charge in [-0.2, -0.15) is 0 Å². The number of thioether (sulfide) groups is 2. The first-order chi connectivity index (χ1) is 14.4. The van der Waals surface area contributed by atoms with Crippen molar-refractivity contribution in [3.63, 3.8) is 0 Å². The maximum absolute atomic E-state index is 12.6. The Hall–Kier alpha value is -1.61. The van der Waals surface area contributed by atoms with Gasteiger partial charge in [0.25, 0.3) is 0 Å². The van der Waals surface area contributed by atoms with Crippen molar-refractivity contribution in [3.8, 4) is 0 Å². The van der Waals surface area contributed by atoms with E-state index in [1.807, 2.05) is 37.4 Å². The summed E-state index contributed by atoms with van der Waals surface area (Å²) >= 11 is 4.70. The van der Waals surface area contributed by atoms with E-state index in [0.29, 0.717) is 12.4 Å². The first-order valence-electron chi connectivity index (χ1n) is 9.91. The smallest absolute Gasteiger partial charge is 0.234 e. The van der Waals surface area contributed by atoms with Crippen molar-refractivity contribution in [1.82, 2.24) is 9.97 Å². The van der Waals surface area contributed by atoms with E-state index < -0.39 is 0 Å². The Labute approximate surface area is 189 Å². The van der Waals surface area contributed by atoms with Crippen LogP contribution in [0, 0.1) is 6.92 Å². The van der Waals surface area contributed by atoms with E-state index in [2.05, 4.69) is 19.2 Å². The van der Waals surface area contributed by atoms with Crippen molar-refractivity contribution >= 4 is 56.7 Å². The van der Waals surface area contributed by atoms with Crippen LogP contribution in [-0.2, 0) is 22.6 Å². The Morgan fingerprint density at radius 1 is 1.33 bits per heavy atom. The molecule has 1 N–H and O–H groups in total. The van der Waals surface area contributed by atoms with E-state index in [4.69, 9.17) is 14.7 Å². The molecular formula is C22H25N3O2S3. The van der Waals surface area contributed by atoms with Crippen molar-refractivity contribution in [2.24, 2.45) is 0 Å². The number of thiophene rings is 1. The number of amides is 1. The van der Waals surface area contributed by atoms with Crippen LogP contribution in [0.4, 0.5) is 5.69 Å². The number of rotatable bonds is 6. The minimum atomic E-state index is -0.163. The van der Waals surface area contributed by atoms with Crippen LogP contribution in [0.25, 0.3) is 10.2 Å². The molecule has 0 saturated heterocycles. The molecule has 4 rings (SSSR count). The van der Waals surface area contributed by atoms with Crippen LogP contribution >= 0.6 is 34.9 Å². The van der Waals surface area contributed by atoms with Gasteiger partial charge in [-0.1, -0.05) is 48.6 Å². The molecule has 1 aromatic carbocycles. The van der Waals surface area contributed by atoms with Gasteiger partial charge in [0.05, 0.1) is 18.0 Å². The fourth-order valence-corrected chi connectivity index (χ4v) is 5.98. The molecule has 8 heteroatoms. The number of aryl methyl sites for hydroxylation is 1. The minimum Gasteiger partial charge on any atom is -0.369 e. The number of ether oxygens (including phenoxy) is 1. The Morgan fingerprint density at radius 2 is 2.13 bits per heavy atom. The number of nitrogens with one attached hydrogen (secondary N) is 1. The van der Waals surface area contributed by atoms with Crippen molar-refractivity contribution in [2.45, 2.75) is 56.0 Å². The predicted molar refractivity (Wildman–Crippen MR) is 127 cm³/mol. The molecule has 1 aliphatic rings. The van der Waals surface area contributed by atoms with Crippen LogP contribution in [0.15, 0.2) is 34.4 Å². The molecule has 0 spiro atoms.